The Morgan fingerprint density at radius 1 is 1.29 bits per heavy atom. The number of hydrogen-bond acceptors (Lipinski definition) is 2. The summed E-state index contributed by atoms with van der Waals surface area (Å²) in [6.07, 6.45) is 0. The highest BCUT2D eigenvalue weighted by Crippen LogP contribution is 2.26. The minimum Gasteiger partial charge on any atom is -0.365 e. The summed E-state index contributed by atoms with van der Waals surface area (Å²) in [5.41, 5.74) is 3.50. The van der Waals surface area contributed by atoms with E-state index in [-0.39, 0.29) is 5.82 Å². The predicted octanol–water partition coefficient (Wildman–Crippen LogP) is 4.09. The molecule has 0 fully saturated rings. The highest BCUT2D eigenvalue weighted by Gasteiger charge is 2.18. The molecule has 0 aromatic heterocycles. The molecule has 1 unspecified atom stereocenters. The minimum absolute atomic E-state index is 0.200. The monoisotopic (exact) mass is 348 g/mol. The zero-order valence-electron chi connectivity index (χ0n) is 11.9. The van der Waals surface area contributed by atoms with Crippen LogP contribution in [0.1, 0.15) is 18.1 Å². The molecule has 1 aliphatic heterocycles. The zero-order valence-corrected chi connectivity index (χ0v) is 13.5. The second kappa shape index (κ2) is 6.16. The Bertz CT molecular complexity index is 624. The van der Waals surface area contributed by atoms with Crippen molar-refractivity contribution < 1.29 is 4.39 Å². The number of benzene rings is 2. The second-order valence-corrected chi connectivity index (χ2v) is 6.48. The molecule has 0 spiro atoms. The number of fused-ring (bicyclic) bond motifs is 1. The lowest BCUT2D eigenvalue weighted by atomic mass is 10.1. The van der Waals surface area contributed by atoms with E-state index in [4.69, 9.17) is 0 Å². The van der Waals surface area contributed by atoms with Crippen molar-refractivity contribution >= 4 is 21.6 Å². The van der Waals surface area contributed by atoms with Gasteiger partial charge in [-0.3, -0.25) is 0 Å². The number of hydrogen-bond donors (Lipinski definition) is 1. The van der Waals surface area contributed by atoms with Crippen molar-refractivity contribution in [2.24, 2.45) is 0 Å². The van der Waals surface area contributed by atoms with Crippen LogP contribution < -0.4 is 10.2 Å². The van der Waals surface area contributed by atoms with Gasteiger partial charge in [0.25, 0.3) is 0 Å². The lowest BCUT2D eigenvalue weighted by molar-refractivity contribution is 0.551. The number of nitrogens with zero attached hydrogens (tertiary/aromatic N) is 1. The van der Waals surface area contributed by atoms with E-state index in [2.05, 4.69) is 57.3 Å². The Morgan fingerprint density at radius 2 is 2.10 bits per heavy atom. The summed E-state index contributed by atoms with van der Waals surface area (Å²) in [5, 5.41) is 3.51. The summed E-state index contributed by atoms with van der Waals surface area (Å²) in [7, 11) is 0. The van der Waals surface area contributed by atoms with E-state index in [1.54, 1.807) is 6.07 Å². The van der Waals surface area contributed by atoms with E-state index in [1.165, 1.54) is 17.3 Å². The van der Waals surface area contributed by atoms with Gasteiger partial charge in [-0.15, -0.1) is 0 Å². The minimum atomic E-state index is -0.200. The summed E-state index contributed by atoms with van der Waals surface area (Å²) in [4.78, 5) is 2.32. The van der Waals surface area contributed by atoms with E-state index in [0.717, 1.165) is 23.1 Å². The van der Waals surface area contributed by atoms with E-state index in [1.807, 2.05) is 6.07 Å². The third kappa shape index (κ3) is 3.44. The third-order valence-electron chi connectivity index (χ3n) is 3.76. The van der Waals surface area contributed by atoms with Crippen LogP contribution in [0.2, 0.25) is 0 Å². The molecule has 2 aromatic rings. The molecule has 0 saturated heterocycles. The Balaban J connectivity index is 1.92. The van der Waals surface area contributed by atoms with Crippen LogP contribution in [0.5, 0.6) is 0 Å². The fourth-order valence-electron chi connectivity index (χ4n) is 2.82. The molecule has 0 amide bonds. The van der Waals surface area contributed by atoms with Crippen LogP contribution in [0.4, 0.5) is 10.1 Å². The van der Waals surface area contributed by atoms with Gasteiger partial charge >= 0.3 is 0 Å². The van der Waals surface area contributed by atoms with Crippen LogP contribution in [0.3, 0.4) is 0 Å². The Hall–Kier alpha value is -1.39. The topological polar surface area (TPSA) is 15.3 Å². The van der Waals surface area contributed by atoms with Crippen molar-refractivity contribution in [1.29, 1.82) is 0 Å². The standard InChI is InChI=1S/C17H18BrFN2/c1-12-10-21(11-13-6-15(18)8-16(19)7-13)17-5-3-2-4-14(17)9-20-12/h2-8,12,20H,9-11H2,1H3. The van der Waals surface area contributed by atoms with Crippen molar-refractivity contribution in [3.8, 4) is 0 Å². The molecule has 0 saturated carbocycles. The molecule has 3 rings (SSSR count). The first-order chi connectivity index (χ1) is 10.1. The van der Waals surface area contributed by atoms with Crippen LogP contribution in [-0.4, -0.2) is 12.6 Å². The molecule has 0 aliphatic carbocycles. The maximum atomic E-state index is 13.6. The SMILES string of the molecule is CC1CN(Cc2cc(F)cc(Br)c2)c2ccccc2CN1. The second-order valence-electron chi connectivity index (χ2n) is 5.57. The van der Waals surface area contributed by atoms with Gasteiger partial charge in [0.1, 0.15) is 5.82 Å². The van der Waals surface area contributed by atoms with E-state index in [0.29, 0.717) is 12.6 Å². The number of anilines is 1. The molecular formula is C17H18BrFN2. The molecule has 110 valence electrons. The van der Waals surface area contributed by atoms with Crippen LogP contribution >= 0.6 is 15.9 Å². The van der Waals surface area contributed by atoms with Gasteiger partial charge in [-0.2, -0.15) is 0 Å². The average molecular weight is 349 g/mol. The lowest BCUT2D eigenvalue weighted by Gasteiger charge is -2.26. The summed E-state index contributed by atoms with van der Waals surface area (Å²) in [6, 6.07) is 13.9. The highest BCUT2D eigenvalue weighted by molar-refractivity contribution is 9.10. The smallest absolute Gasteiger partial charge is 0.124 e. The van der Waals surface area contributed by atoms with Crippen LogP contribution in [0.15, 0.2) is 46.9 Å². The van der Waals surface area contributed by atoms with Gasteiger partial charge in [0.05, 0.1) is 0 Å². The maximum absolute atomic E-state index is 13.6. The molecule has 0 radical (unpaired) electrons. The van der Waals surface area contributed by atoms with E-state index < -0.39 is 0 Å². The predicted molar refractivity (Wildman–Crippen MR) is 87.9 cm³/mol. The molecule has 4 heteroatoms. The van der Waals surface area contributed by atoms with Crippen molar-refractivity contribution in [2.75, 3.05) is 11.4 Å². The van der Waals surface area contributed by atoms with Crippen molar-refractivity contribution in [3.63, 3.8) is 0 Å². The number of rotatable bonds is 2. The molecule has 2 nitrogen and oxygen atoms in total. The molecule has 1 atom stereocenters. The van der Waals surface area contributed by atoms with Crippen LogP contribution in [0.25, 0.3) is 0 Å². The average Bonchev–Trinajstić information content (AvgIpc) is 2.58. The highest BCUT2D eigenvalue weighted by atomic mass is 79.9. The molecule has 21 heavy (non-hydrogen) atoms. The molecule has 1 aliphatic rings. The van der Waals surface area contributed by atoms with Crippen molar-refractivity contribution in [2.45, 2.75) is 26.1 Å². The van der Waals surface area contributed by atoms with Gasteiger partial charge in [-0.1, -0.05) is 34.1 Å². The number of para-hydroxylation sites is 1. The first-order valence-electron chi connectivity index (χ1n) is 7.13. The molecular weight excluding hydrogens is 331 g/mol. The van der Waals surface area contributed by atoms with E-state index in [9.17, 15) is 4.39 Å². The number of nitrogens with one attached hydrogen (secondary N) is 1. The van der Waals surface area contributed by atoms with Gasteiger partial charge in [-0.25, -0.2) is 4.39 Å². The molecule has 2 aromatic carbocycles. The summed E-state index contributed by atoms with van der Waals surface area (Å²) >= 11 is 3.37. The maximum Gasteiger partial charge on any atom is 0.124 e. The Morgan fingerprint density at radius 3 is 2.90 bits per heavy atom. The van der Waals surface area contributed by atoms with Gasteiger partial charge in [0.15, 0.2) is 0 Å². The Kier molecular flexibility index (Phi) is 4.27. The van der Waals surface area contributed by atoms with Crippen LogP contribution in [-0.2, 0) is 13.1 Å². The van der Waals surface area contributed by atoms with Gasteiger partial charge in [0, 0.05) is 35.8 Å². The first-order valence-corrected chi connectivity index (χ1v) is 7.92. The van der Waals surface area contributed by atoms with Gasteiger partial charge in [0.2, 0.25) is 0 Å². The largest absolute Gasteiger partial charge is 0.365 e. The van der Waals surface area contributed by atoms with E-state index >= 15 is 0 Å². The molecule has 1 N–H and O–H groups in total. The molecule has 0 bridgehead atoms. The first kappa shape index (κ1) is 14.5. The zero-order chi connectivity index (χ0) is 14.8. The van der Waals surface area contributed by atoms with Crippen molar-refractivity contribution in [3.05, 3.63) is 63.9 Å². The lowest BCUT2D eigenvalue weighted by Crippen LogP contribution is -2.35. The van der Waals surface area contributed by atoms with Gasteiger partial charge in [-0.05, 0) is 42.3 Å². The molecule has 1 heterocycles. The fraction of sp³-hybridized carbons (Fsp3) is 0.294. The van der Waals surface area contributed by atoms with Crippen LogP contribution in [0, 0.1) is 5.82 Å². The summed E-state index contributed by atoms with van der Waals surface area (Å²) < 4.78 is 14.4. The Labute approximate surface area is 133 Å². The summed E-state index contributed by atoms with van der Waals surface area (Å²) in [5.74, 6) is -0.200. The fourth-order valence-corrected chi connectivity index (χ4v) is 3.33. The number of halogens is 2. The summed E-state index contributed by atoms with van der Waals surface area (Å²) in [6.45, 7) is 4.67. The van der Waals surface area contributed by atoms with Crippen molar-refractivity contribution in [1.82, 2.24) is 5.32 Å². The van der Waals surface area contributed by atoms with Gasteiger partial charge < -0.3 is 10.2 Å². The quantitative estimate of drug-likeness (QED) is 0.879. The normalized spacial score (nSPS) is 18.2. The third-order valence-corrected chi connectivity index (χ3v) is 4.22.